The highest BCUT2D eigenvalue weighted by Gasteiger charge is 2.37. The van der Waals surface area contributed by atoms with Crippen LogP contribution in [0, 0.1) is 5.82 Å². The van der Waals surface area contributed by atoms with Crippen LogP contribution in [0.3, 0.4) is 0 Å². The third-order valence-corrected chi connectivity index (χ3v) is 7.76. The summed E-state index contributed by atoms with van der Waals surface area (Å²) < 4.78 is 26.5. The number of nitrogens with one attached hydrogen (secondary N) is 2. The van der Waals surface area contributed by atoms with Crippen molar-refractivity contribution >= 4 is 5.91 Å². The van der Waals surface area contributed by atoms with E-state index >= 15 is 0 Å². The second-order valence-electron chi connectivity index (χ2n) is 10.0. The van der Waals surface area contributed by atoms with Crippen LogP contribution in [0.1, 0.15) is 68.7 Å². The topological polar surface area (TPSA) is 83.7 Å². The second-order valence-corrected chi connectivity index (χ2v) is 10.0. The van der Waals surface area contributed by atoms with E-state index in [1.807, 2.05) is 17.9 Å². The van der Waals surface area contributed by atoms with Crippen LogP contribution in [0.5, 0.6) is 5.75 Å². The number of hydrogen-bond acceptors (Lipinski definition) is 5. The van der Waals surface area contributed by atoms with Gasteiger partial charge in [0.05, 0.1) is 18.8 Å². The molecule has 1 aromatic heterocycles. The number of ether oxygens (including phenoxy) is 2. The van der Waals surface area contributed by atoms with Gasteiger partial charge in [0.25, 0.3) is 5.91 Å². The van der Waals surface area contributed by atoms with Crippen molar-refractivity contribution in [2.75, 3.05) is 19.8 Å². The molecule has 1 aromatic carbocycles. The highest BCUT2D eigenvalue weighted by atomic mass is 19.1. The standard InChI is InChI=1S/C27H34FN3O4/c1-17(22-4-2-6-26(32)30-22)29-23-5-3-13-31-24(23)15-34-20-10-7-18(8-11-20)21-14-19(28)9-12-25(21)35-16-27(31)33/h2,4,6,9,12,14,17-18,20,23-24,29H,3,5,7-8,10-11,13,15-16H2,1H3,(H,30,32)/t17-,18?,20?,23-,24-/m0/s1. The van der Waals surface area contributed by atoms with Crippen molar-refractivity contribution in [3.63, 3.8) is 0 Å². The van der Waals surface area contributed by atoms with Crippen LogP contribution < -0.4 is 15.6 Å². The summed E-state index contributed by atoms with van der Waals surface area (Å²) in [5, 5.41) is 3.64. The van der Waals surface area contributed by atoms with Gasteiger partial charge in [-0.05, 0) is 75.6 Å². The lowest BCUT2D eigenvalue weighted by molar-refractivity contribution is -0.141. The number of H-pyrrole nitrogens is 1. The quantitative estimate of drug-likeness (QED) is 0.696. The maximum Gasteiger partial charge on any atom is 0.260 e. The number of aromatic amines is 1. The number of nitrogens with zero attached hydrogens (tertiary/aromatic N) is 1. The van der Waals surface area contributed by atoms with E-state index in [1.54, 1.807) is 18.2 Å². The molecule has 3 aliphatic heterocycles. The average Bonchev–Trinajstić information content (AvgIpc) is 2.88. The van der Waals surface area contributed by atoms with Crippen LogP contribution in [0.2, 0.25) is 0 Å². The Labute approximate surface area is 205 Å². The lowest BCUT2D eigenvalue weighted by Crippen LogP contribution is -2.59. The van der Waals surface area contributed by atoms with Crippen LogP contribution in [-0.4, -0.2) is 53.7 Å². The smallest absolute Gasteiger partial charge is 0.260 e. The number of hydrogen-bond donors (Lipinski definition) is 2. The average molecular weight is 484 g/mol. The van der Waals surface area contributed by atoms with Gasteiger partial charge in [0, 0.05) is 36.0 Å². The number of fused-ring (bicyclic) bond motifs is 5. The summed E-state index contributed by atoms with van der Waals surface area (Å²) >= 11 is 0. The molecule has 2 aromatic rings. The van der Waals surface area contributed by atoms with Gasteiger partial charge in [0.15, 0.2) is 6.61 Å². The van der Waals surface area contributed by atoms with Gasteiger partial charge in [-0.25, -0.2) is 4.39 Å². The molecule has 6 rings (SSSR count). The molecule has 35 heavy (non-hydrogen) atoms. The largest absolute Gasteiger partial charge is 0.483 e. The molecular weight excluding hydrogens is 449 g/mol. The number of carbonyl (C=O) groups excluding carboxylic acids is 1. The van der Waals surface area contributed by atoms with Crippen LogP contribution in [-0.2, 0) is 9.53 Å². The van der Waals surface area contributed by atoms with Crippen LogP contribution in [0.25, 0.3) is 0 Å². The molecular formula is C27H34FN3O4. The second kappa shape index (κ2) is 10.5. The number of carbonyl (C=O) groups is 1. The Morgan fingerprint density at radius 2 is 1.94 bits per heavy atom. The molecule has 1 amide bonds. The van der Waals surface area contributed by atoms with Gasteiger partial charge >= 0.3 is 0 Å². The van der Waals surface area contributed by atoms with Crippen molar-refractivity contribution in [2.45, 2.75) is 75.6 Å². The fourth-order valence-corrected chi connectivity index (χ4v) is 5.86. The fraction of sp³-hybridized carbons (Fsp3) is 0.556. The van der Waals surface area contributed by atoms with E-state index in [1.165, 1.54) is 12.1 Å². The van der Waals surface area contributed by atoms with E-state index in [9.17, 15) is 14.0 Å². The third-order valence-electron chi connectivity index (χ3n) is 7.76. The minimum absolute atomic E-state index is 0.0225. The van der Waals surface area contributed by atoms with E-state index in [2.05, 4.69) is 10.3 Å². The number of halogens is 1. The number of benzene rings is 1. The molecule has 188 valence electrons. The third kappa shape index (κ3) is 5.43. The van der Waals surface area contributed by atoms with Gasteiger partial charge in [0.1, 0.15) is 11.6 Å². The fourth-order valence-electron chi connectivity index (χ4n) is 5.86. The molecule has 4 heterocycles. The number of pyridine rings is 1. The first-order valence-electron chi connectivity index (χ1n) is 12.8. The maximum atomic E-state index is 14.1. The Bertz CT molecular complexity index is 1100. The van der Waals surface area contributed by atoms with Crippen molar-refractivity contribution in [3.05, 3.63) is 63.8 Å². The summed E-state index contributed by atoms with van der Waals surface area (Å²) in [5.41, 5.74) is 1.54. The first-order valence-corrected chi connectivity index (χ1v) is 12.8. The van der Waals surface area contributed by atoms with Gasteiger partial charge in [-0.2, -0.15) is 0 Å². The maximum absolute atomic E-state index is 14.1. The van der Waals surface area contributed by atoms with Crippen LogP contribution >= 0.6 is 0 Å². The zero-order valence-corrected chi connectivity index (χ0v) is 20.2. The Kier molecular flexibility index (Phi) is 7.20. The molecule has 2 bridgehead atoms. The SMILES string of the molecule is C[C@H](N[C@H]1CCCN2C(=O)COc3ccc(F)cc3C3CCC(CC3)OC[C@@H]12)c1cccc(=O)[nH]1. The Hall–Kier alpha value is -2.71. The molecule has 1 aliphatic carbocycles. The summed E-state index contributed by atoms with van der Waals surface area (Å²) in [4.78, 5) is 29.9. The van der Waals surface area contributed by atoms with Crippen molar-refractivity contribution in [3.8, 4) is 5.75 Å². The van der Waals surface area contributed by atoms with E-state index < -0.39 is 0 Å². The molecule has 2 N–H and O–H groups in total. The molecule has 1 saturated carbocycles. The highest BCUT2D eigenvalue weighted by Crippen LogP contribution is 2.39. The van der Waals surface area contributed by atoms with Gasteiger partial charge in [-0.3, -0.25) is 9.59 Å². The summed E-state index contributed by atoms with van der Waals surface area (Å²) in [6.45, 7) is 3.04. The first kappa shape index (κ1) is 24.0. The van der Waals surface area contributed by atoms with Gasteiger partial charge < -0.3 is 24.7 Å². The highest BCUT2D eigenvalue weighted by molar-refractivity contribution is 5.78. The molecule has 7 nitrogen and oxygen atoms in total. The molecule has 3 atom stereocenters. The van der Waals surface area contributed by atoms with Crippen molar-refractivity contribution in [2.24, 2.45) is 0 Å². The molecule has 8 heteroatoms. The van der Waals surface area contributed by atoms with Gasteiger partial charge in [-0.1, -0.05) is 6.07 Å². The van der Waals surface area contributed by atoms with E-state index in [0.29, 0.717) is 18.9 Å². The minimum Gasteiger partial charge on any atom is -0.483 e. The van der Waals surface area contributed by atoms with Crippen molar-refractivity contribution in [1.82, 2.24) is 15.2 Å². The lowest BCUT2D eigenvalue weighted by Gasteiger charge is -2.43. The van der Waals surface area contributed by atoms with Crippen molar-refractivity contribution in [1.29, 1.82) is 0 Å². The molecule has 4 aliphatic rings. The summed E-state index contributed by atoms with van der Waals surface area (Å²) in [6.07, 6.45) is 5.54. The number of aromatic nitrogens is 1. The van der Waals surface area contributed by atoms with Gasteiger partial charge in [0.2, 0.25) is 5.56 Å². The van der Waals surface area contributed by atoms with Crippen LogP contribution in [0.15, 0.2) is 41.2 Å². The summed E-state index contributed by atoms with van der Waals surface area (Å²) in [6, 6.07) is 9.57. The number of piperidine rings is 1. The monoisotopic (exact) mass is 483 g/mol. The number of amides is 1. The zero-order chi connectivity index (χ0) is 24.4. The predicted octanol–water partition coefficient (Wildman–Crippen LogP) is 3.66. The Morgan fingerprint density at radius 1 is 1.11 bits per heavy atom. The molecule has 0 radical (unpaired) electrons. The van der Waals surface area contributed by atoms with E-state index in [4.69, 9.17) is 9.47 Å². The minimum atomic E-state index is -0.278. The normalized spacial score (nSPS) is 28.1. The Morgan fingerprint density at radius 3 is 2.74 bits per heavy atom. The van der Waals surface area contributed by atoms with E-state index in [-0.39, 0.29) is 54.0 Å². The molecule has 0 spiro atoms. The van der Waals surface area contributed by atoms with Crippen molar-refractivity contribution < 1.29 is 18.7 Å². The lowest BCUT2D eigenvalue weighted by atomic mass is 9.82. The number of rotatable bonds is 3. The summed E-state index contributed by atoms with van der Waals surface area (Å²) in [7, 11) is 0. The first-order chi connectivity index (χ1) is 17.0. The summed E-state index contributed by atoms with van der Waals surface area (Å²) in [5.74, 6) is 0.448. The van der Waals surface area contributed by atoms with Gasteiger partial charge in [-0.15, -0.1) is 0 Å². The van der Waals surface area contributed by atoms with E-state index in [0.717, 1.165) is 49.8 Å². The molecule has 2 fully saturated rings. The van der Waals surface area contributed by atoms with Crippen LogP contribution in [0.4, 0.5) is 4.39 Å². The predicted molar refractivity (Wildman–Crippen MR) is 130 cm³/mol. The molecule has 1 saturated heterocycles. The molecule has 0 unspecified atom stereocenters. The Balaban J connectivity index is 1.38. The zero-order valence-electron chi connectivity index (χ0n) is 20.2.